The fourth-order valence-corrected chi connectivity index (χ4v) is 3.15. The molecule has 1 N–H and O–H groups in total. The first-order chi connectivity index (χ1) is 9.86. The molecule has 1 fully saturated rings. The van der Waals surface area contributed by atoms with Crippen LogP contribution in [0.4, 0.5) is 0 Å². The van der Waals surface area contributed by atoms with Crippen LogP contribution in [0.5, 0.6) is 5.75 Å². The average molecular weight is 269 g/mol. The molecule has 2 nitrogen and oxygen atoms in total. The Labute approximate surface area is 121 Å². The van der Waals surface area contributed by atoms with Crippen molar-refractivity contribution in [2.24, 2.45) is 0 Å². The van der Waals surface area contributed by atoms with Gasteiger partial charge >= 0.3 is 0 Å². The summed E-state index contributed by atoms with van der Waals surface area (Å²) in [5.74, 6) is 0.999. The van der Waals surface area contributed by atoms with Gasteiger partial charge in [-0.05, 0) is 48.7 Å². The summed E-state index contributed by atoms with van der Waals surface area (Å²) in [5, 5.41) is 6.09. The smallest absolute Gasteiger partial charge is 0.120 e. The van der Waals surface area contributed by atoms with Crippen LogP contribution in [0, 0.1) is 0 Å². The summed E-state index contributed by atoms with van der Waals surface area (Å²) in [4.78, 5) is 0. The summed E-state index contributed by atoms with van der Waals surface area (Å²) >= 11 is 0. The van der Waals surface area contributed by atoms with E-state index in [1.807, 2.05) is 0 Å². The first-order valence-corrected chi connectivity index (χ1v) is 7.75. The van der Waals surface area contributed by atoms with Crippen LogP contribution in [0.1, 0.15) is 32.6 Å². The number of rotatable bonds is 4. The third-order valence-electron chi connectivity index (χ3n) is 4.18. The Morgan fingerprint density at radius 3 is 2.70 bits per heavy atom. The summed E-state index contributed by atoms with van der Waals surface area (Å²) in [6.45, 7) is 3.18. The molecule has 106 valence electrons. The van der Waals surface area contributed by atoms with E-state index in [0.717, 1.165) is 18.7 Å². The van der Waals surface area contributed by atoms with Crippen molar-refractivity contribution in [1.29, 1.82) is 0 Å². The minimum Gasteiger partial charge on any atom is -0.489 e. The molecule has 0 saturated heterocycles. The van der Waals surface area contributed by atoms with Crippen LogP contribution in [0.3, 0.4) is 0 Å². The van der Waals surface area contributed by atoms with Crippen molar-refractivity contribution >= 4 is 10.8 Å². The molecule has 2 heteroatoms. The largest absolute Gasteiger partial charge is 0.489 e. The van der Waals surface area contributed by atoms with Crippen LogP contribution in [0.25, 0.3) is 10.8 Å². The number of benzene rings is 2. The molecule has 20 heavy (non-hydrogen) atoms. The molecular formula is C18H23NO. The lowest BCUT2D eigenvalue weighted by Crippen LogP contribution is -2.45. The summed E-state index contributed by atoms with van der Waals surface area (Å²) in [5.41, 5.74) is 0. The molecule has 1 saturated carbocycles. The lowest BCUT2D eigenvalue weighted by molar-refractivity contribution is 0.115. The monoisotopic (exact) mass is 269 g/mol. The van der Waals surface area contributed by atoms with Gasteiger partial charge in [-0.15, -0.1) is 0 Å². The van der Waals surface area contributed by atoms with Crippen molar-refractivity contribution in [3.05, 3.63) is 42.5 Å². The van der Waals surface area contributed by atoms with Crippen molar-refractivity contribution in [3.63, 3.8) is 0 Å². The van der Waals surface area contributed by atoms with Gasteiger partial charge in [0.25, 0.3) is 0 Å². The van der Waals surface area contributed by atoms with Crippen LogP contribution in [-0.4, -0.2) is 18.7 Å². The van der Waals surface area contributed by atoms with Gasteiger partial charge in [0.1, 0.15) is 11.9 Å². The van der Waals surface area contributed by atoms with Gasteiger partial charge in [0, 0.05) is 6.04 Å². The van der Waals surface area contributed by atoms with Gasteiger partial charge in [0.05, 0.1) is 0 Å². The topological polar surface area (TPSA) is 21.3 Å². The highest BCUT2D eigenvalue weighted by atomic mass is 16.5. The number of hydrogen-bond donors (Lipinski definition) is 1. The van der Waals surface area contributed by atoms with Crippen LogP contribution in [0.2, 0.25) is 0 Å². The van der Waals surface area contributed by atoms with E-state index < -0.39 is 0 Å². The maximum absolute atomic E-state index is 6.27. The van der Waals surface area contributed by atoms with Crippen LogP contribution >= 0.6 is 0 Å². The zero-order valence-electron chi connectivity index (χ0n) is 12.1. The Balaban J connectivity index is 1.77. The van der Waals surface area contributed by atoms with Crippen molar-refractivity contribution in [1.82, 2.24) is 5.32 Å². The van der Waals surface area contributed by atoms with Gasteiger partial charge in [0.15, 0.2) is 0 Å². The van der Waals surface area contributed by atoms with Crippen LogP contribution in [0.15, 0.2) is 42.5 Å². The zero-order chi connectivity index (χ0) is 13.8. The number of hydrogen-bond acceptors (Lipinski definition) is 2. The maximum atomic E-state index is 6.27. The highest BCUT2D eigenvalue weighted by Gasteiger charge is 2.25. The molecule has 0 aromatic heterocycles. The average Bonchev–Trinajstić information content (AvgIpc) is 2.49. The highest BCUT2D eigenvalue weighted by molar-refractivity contribution is 5.83. The third-order valence-corrected chi connectivity index (χ3v) is 4.18. The Bertz CT molecular complexity index is 564. The molecule has 0 bridgehead atoms. The van der Waals surface area contributed by atoms with E-state index in [0.29, 0.717) is 12.1 Å². The second-order valence-corrected chi connectivity index (χ2v) is 5.61. The first kappa shape index (κ1) is 13.4. The molecule has 1 aliphatic rings. The SMILES string of the molecule is CCNC1CCCCC1Oc1ccc2ccccc2c1. The van der Waals surface area contributed by atoms with Crippen molar-refractivity contribution in [3.8, 4) is 5.75 Å². The Kier molecular flexibility index (Phi) is 4.22. The molecule has 1 aliphatic carbocycles. The molecule has 2 unspecified atom stereocenters. The quantitative estimate of drug-likeness (QED) is 0.900. The summed E-state index contributed by atoms with van der Waals surface area (Å²) in [6.07, 6.45) is 5.29. The van der Waals surface area contributed by atoms with Crippen molar-refractivity contribution in [2.75, 3.05) is 6.54 Å². The summed E-state index contributed by atoms with van der Waals surface area (Å²) in [7, 11) is 0. The van der Waals surface area contributed by atoms with E-state index in [1.165, 1.54) is 30.0 Å². The summed E-state index contributed by atoms with van der Waals surface area (Å²) in [6, 6.07) is 15.3. The van der Waals surface area contributed by atoms with E-state index in [4.69, 9.17) is 4.74 Å². The normalized spacial score (nSPS) is 22.9. The Hall–Kier alpha value is -1.54. The number of nitrogens with one attached hydrogen (secondary N) is 1. The van der Waals surface area contributed by atoms with Crippen LogP contribution in [-0.2, 0) is 0 Å². The molecule has 0 amide bonds. The molecule has 3 rings (SSSR count). The van der Waals surface area contributed by atoms with E-state index in [-0.39, 0.29) is 0 Å². The molecule has 0 radical (unpaired) electrons. The number of ether oxygens (including phenoxy) is 1. The zero-order valence-corrected chi connectivity index (χ0v) is 12.1. The fraction of sp³-hybridized carbons (Fsp3) is 0.444. The lowest BCUT2D eigenvalue weighted by Gasteiger charge is -2.32. The number of likely N-dealkylation sites (N-methyl/N-ethyl adjacent to an activating group) is 1. The number of fused-ring (bicyclic) bond motifs is 1. The van der Waals surface area contributed by atoms with E-state index >= 15 is 0 Å². The standard InChI is InChI=1S/C18H23NO/c1-2-19-17-9-5-6-10-18(17)20-16-12-11-14-7-3-4-8-15(14)13-16/h3-4,7-8,11-13,17-19H,2,5-6,9-10H2,1H3. The van der Waals surface area contributed by atoms with E-state index in [1.54, 1.807) is 0 Å². The van der Waals surface area contributed by atoms with Crippen molar-refractivity contribution < 1.29 is 4.74 Å². The molecule has 2 aromatic rings. The van der Waals surface area contributed by atoms with Gasteiger partial charge in [0.2, 0.25) is 0 Å². The van der Waals surface area contributed by atoms with Crippen LogP contribution < -0.4 is 10.1 Å². The molecule has 2 atom stereocenters. The lowest BCUT2D eigenvalue weighted by atomic mass is 9.92. The molecule has 0 spiro atoms. The molecule has 2 aromatic carbocycles. The first-order valence-electron chi connectivity index (χ1n) is 7.75. The third kappa shape index (κ3) is 2.96. The molecule has 0 heterocycles. The molecule has 0 aliphatic heterocycles. The van der Waals surface area contributed by atoms with Gasteiger partial charge in [-0.1, -0.05) is 43.7 Å². The summed E-state index contributed by atoms with van der Waals surface area (Å²) < 4.78 is 6.27. The van der Waals surface area contributed by atoms with Gasteiger partial charge in [-0.25, -0.2) is 0 Å². The fourth-order valence-electron chi connectivity index (χ4n) is 3.15. The minimum absolute atomic E-state index is 0.310. The second-order valence-electron chi connectivity index (χ2n) is 5.61. The highest BCUT2D eigenvalue weighted by Crippen LogP contribution is 2.26. The molecular weight excluding hydrogens is 246 g/mol. The Morgan fingerprint density at radius 2 is 1.85 bits per heavy atom. The van der Waals surface area contributed by atoms with E-state index in [9.17, 15) is 0 Å². The maximum Gasteiger partial charge on any atom is 0.120 e. The predicted octanol–water partition coefficient (Wildman–Crippen LogP) is 4.14. The minimum atomic E-state index is 0.310. The van der Waals surface area contributed by atoms with E-state index in [2.05, 4.69) is 54.7 Å². The second kappa shape index (κ2) is 6.27. The Morgan fingerprint density at radius 1 is 1.05 bits per heavy atom. The van der Waals surface area contributed by atoms with Gasteiger partial charge in [-0.2, -0.15) is 0 Å². The van der Waals surface area contributed by atoms with Crippen molar-refractivity contribution in [2.45, 2.75) is 44.8 Å². The predicted molar refractivity (Wildman–Crippen MR) is 84.3 cm³/mol. The van der Waals surface area contributed by atoms with Gasteiger partial charge < -0.3 is 10.1 Å². The van der Waals surface area contributed by atoms with Gasteiger partial charge in [-0.3, -0.25) is 0 Å².